The van der Waals surface area contributed by atoms with Gasteiger partial charge < -0.3 is 0 Å². The third-order valence-corrected chi connectivity index (χ3v) is 5.27. The molecule has 0 saturated heterocycles. The highest BCUT2D eigenvalue weighted by Gasteiger charge is 2.36. The minimum Gasteiger partial charge on any atom is -0.198 e. The average Bonchev–Trinajstić information content (AvgIpc) is 3.04. The van der Waals surface area contributed by atoms with Crippen molar-refractivity contribution in [1.29, 1.82) is 0 Å². The number of allylic oxidation sites excluding steroid dienone is 1. The quantitative estimate of drug-likeness (QED) is 0.567. The lowest BCUT2D eigenvalue weighted by atomic mass is 10.0. The van der Waals surface area contributed by atoms with Gasteiger partial charge >= 0.3 is 0 Å². The SMILES string of the molecule is [2H]C1(C)C=Cn2c1c(C)[n+](-c1ccccc1C)c2-c1c(C)cccc1C. The van der Waals surface area contributed by atoms with Gasteiger partial charge in [0.05, 0.1) is 11.8 Å². The zero-order valence-corrected chi connectivity index (χ0v) is 15.6. The molecule has 3 aromatic rings. The molecular formula is C23H25N2+. The van der Waals surface area contributed by atoms with Crippen molar-refractivity contribution in [2.75, 3.05) is 0 Å². The van der Waals surface area contributed by atoms with Crippen molar-refractivity contribution >= 4 is 6.20 Å². The summed E-state index contributed by atoms with van der Waals surface area (Å²) < 4.78 is 13.3. The first-order chi connectivity index (χ1) is 12.3. The van der Waals surface area contributed by atoms with Crippen LogP contribution < -0.4 is 4.57 Å². The van der Waals surface area contributed by atoms with E-state index in [2.05, 4.69) is 85.5 Å². The van der Waals surface area contributed by atoms with Crippen molar-refractivity contribution < 1.29 is 5.94 Å². The molecule has 1 aromatic heterocycles. The lowest BCUT2D eigenvalue weighted by Crippen LogP contribution is -2.36. The number of hydrogen-bond acceptors (Lipinski definition) is 0. The molecule has 0 N–H and O–H groups in total. The van der Waals surface area contributed by atoms with Crippen LogP contribution in [0.25, 0.3) is 23.3 Å². The first-order valence-electron chi connectivity index (χ1n) is 9.32. The second-order valence-electron chi connectivity index (χ2n) is 7.02. The molecule has 4 rings (SSSR count). The number of rotatable bonds is 2. The Kier molecular flexibility index (Phi) is 3.37. The minimum absolute atomic E-state index is 0.719. The van der Waals surface area contributed by atoms with Crippen LogP contribution in [0.4, 0.5) is 0 Å². The van der Waals surface area contributed by atoms with Gasteiger partial charge in [0, 0.05) is 14.2 Å². The zero-order chi connectivity index (χ0) is 18.6. The maximum Gasteiger partial charge on any atom is 0.299 e. The summed E-state index contributed by atoms with van der Waals surface area (Å²) in [5.74, 6) is 0.415. The molecule has 1 aliphatic rings. The Morgan fingerprint density at radius 2 is 1.56 bits per heavy atom. The Hall–Kier alpha value is -2.61. The second-order valence-corrected chi connectivity index (χ2v) is 7.02. The molecule has 2 heteroatoms. The van der Waals surface area contributed by atoms with Crippen molar-refractivity contribution in [3.8, 4) is 17.1 Å². The number of nitrogens with zero attached hydrogens (tertiary/aromatic N) is 2. The Balaban J connectivity index is 2.17. The fourth-order valence-electron chi connectivity index (χ4n) is 4.05. The van der Waals surface area contributed by atoms with Gasteiger partial charge in [0.25, 0.3) is 5.82 Å². The van der Waals surface area contributed by atoms with Gasteiger partial charge in [-0.25, -0.2) is 0 Å². The van der Waals surface area contributed by atoms with Crippen molar-refractivity contribution in [3.05, 3.63) is 76.6 Å². The van der Waals surface area contributed by atoms with Crippen LogP contribution in [0.3, 0.4) is 0 Å². The van der Waals surface area contributed by atoms with E-state index in [0.29, 0.717) is 0 Å². The Morgan fingerprint density at radius 3 is 2.24 bits per heavy atom. The summed E-state index contributed by atoms with van der Waals surface area (Å²) >= 11 is 0. The molecule has 0 amide bonds. The zero-order valence-electron chi connectivity index (χ0n) is 16.6. The predicted octanol–water partition coefficient (Wildman–Crippen LogP) is 5.25. The number of fused-ring (bicyclic) bond motifs is 1. The number of aromatic nitrogens is 2. The normalized spacial score (nSPS) is 19.2. The maximum atomic E-state index is 8.78. The largest absolute Gasteiger partial charge is 0.299 e. The van der Waals surface area contributed by atoms with Crippen LogP contribution in [0.5, 0.6) is 0 Å². The number of hydrogen-bond donors (Lipinski definition) is 0. The van der Waals surface area contributed by atoms with Gasteiger partial charge in [0.1, 0.15) is 11.4 Å². The monoisotopic (exact) mass is 330 g/mol. The van der Waals surface area contributed by atoms with E-state index in [1.165, 1.54) is 27.9 Å². The molecule has 1 aliphatic heterocycles. The van der Waals surface area contributed by atoms with E-state index >= 15 is 0 Å². The molecule has 0 radical (unpaired) electrons. The van der Waals surface area contributed by atoms with E-state index < -0.39 is 5.89 Å². The van der Waals surface area contributed by atoms with E-state index in [9.17, 15) is 0 Å². The summed E-state index contributed by atoms with van der Waals surface area (Å²) in [6.45, 7) is 10.6. The number of para-hydroxylation sites is 1. The van der Waals surface area contributed by atoms with E-state index in [1.54, 1.807) is 0 Å². The van der Waals surface area contributed by atoms with Gasteiger partial charge in [0.2, 0.25) is 0 Å². The lowest BCUT2D eigenvalue weighted by molar-refractivity contribution is -0.590. The average molecular weight is 330 g/mol. The first-order valence-corrected chi connectivity index (χ1v) is 8.82. The van der Waals surface area contributed by atoms with Gasteiger partial charge in [-0.3, -0.25) is 0 Å². The molecule has 2 heterocycles. The number of benzene rings is 2. The molecule has 1 atom stereocenters. The highest BCUT2D eigenvalue weighted by atomic mass is 15.2. The Labute approximate surface area is 151 Å². The molecule has 25 heavy (non-hydrogen) atoms. The summed E-state index contributed by atoms with van der Waals surface area (Å²) in [6, 6.07) is 14.9. The van der Waals surface area contributed by atoms with Gasteiger partial charge in [-0.15, -0.1) is 0 Å². The second kappa shape index (κ2) is 5.73. The highest BCUT2D eigenvalue weighted by Crippen LogP contribution is 2.35. The highest BCUT2D eigenvalue weighted by molar-refractivity contribution is 5.67. The summed E-state index contributed by atoms with van der Waals surface area (Å²) in [7, 11) is 0. The van der Waals surface area contributed by atoms with Gasteiger partial charge in [-0.05, 0) is 49.6 Å². The Morgan fingerprint density at radius 1 is 0.920 bits per heavy atom. The topological polar surface area (TPSA) is 8.81 Å². The first kappa shape index (κ1) is 14.7. The van der Waals surface area contributed by atoms with Crippen molar-refractivity contribution in [2.45, 2.75) is 40.5 Å². The van der Waals surface area contributed by atoms with Crippen LogP contribution in [0.2, 0.25) is 0 Å². The van der Waals surface area contributed by atoms with Crippen LogP contribution in [0.1, 0.15) is 42.3 Å². The van der Waals surface area contributed by atoms with Gasteiger partial charge in [-0.2, -0.15) is 9.13 Å². The van der Waals surface area contributed by atoms with E-state index in [-0.39, 0.29) is 0 Å². The van der Waals surface area contributed by atoms with E-state index in [1.807, 2.05) is 13.0 Å². The van der Waals surface area contributed by atoms with E-state index in [0.717, 1.165) is 17.2 Å². The summed E-state index contributed by atoms with van der Waals surface area (Å²) in [6.07, 6.45) is 4.04. The van der Waals surface area contributed by atoms with Gasteiger partial charge in [0.15, 0.2) is 5.69 Å². The molecule has 2 nitrogen and oxygen atoms in total. The summed E-state index contributed by atoms with van der Waals surface area (Å²) in [5, 5.41) is 0. The minimum atomic E-state index is -0.719. The Bertz CT molecular complexity index is 1030. The fraction of sp³-hybridized carbons (Fsp3) is 0.261. The number of aryl methyl sites for hydroxylation is 3. The third kappa shape index (κ3) is 2.28. The molecule has 0 fully saturated rings. The summed E-state index contributed by atoms with van der Waals surface area (Å²) in [5.41, 5.74) is 8.31. The molecule has 0 bridgehead atoms. The fourth-order valence-corrected chi connectivity index (χ4v) is 4.05. The molecule has 2 aromatic carbocycles. The molecule has 0 saturated carbocycles. The van der Waals surface area contributed by atoms with Crippen LogP contribution in [0, 0.1) is 27.7 Å². The van der Waals surface area contributed by atoms with Crippen LogP contribution >= 0.6 is 0 Å². The van der Waals surface area contributed by atoms with E-state index in [4.69, 9.17) is 1.37 Å². The molecular weight excluding hydrogens is 304 g/mol. The number of imidazole rings is 1. The smallest absolute Gasteiger partial charge is 0.198 e. The van der Waals surface area contributed by atoms with Crippen LogP contribution in [-0.4, -0.2) is 4.57 Å². The summed E-state index contributed by atoms with van der Waals surface area (Å²) in [4.78, 5) is 0. The molecule has 1 unspecified atom stereocenters. The van der Waals surface area contributed by atoms with Gasteiger partial charge in [-0.1, -0.05) is 43.3 Å². The van der Waals surface area contributed by atoms with Crippen molar-refractivity contribution in [2.24, 2.45) is 0 Å². The molecule has 126 valence electrons. The van der Waals surface area contributed by atoms with Crippen molar-refractivity contribution in [3.63, 3.8) is 0 Å². The van der Waals surface area contributed by atoms with Crippen LogP contribution in [-0.2, 0) is 0 Å². The molecule has 0 spiro atoms. The molecule has 0 aliphatic carbocycles. The maximum absolute atomic E-state index is 8.78. The van der Waals surface area contributed by atoms with Crippen molar-refractivity contribution in [1.82, 2.24) is 4.57 Å². The standard InChI is InChI=1S/C23H25N2/c1-15-9-6-7-12-20(15)25-19(5)22-18(4)13-14-24(22)23(25)21-16(2)10-8-11-17(21)3/h6-14,18H,1-5H3/q+1/i18D. The predicted molar refractivity (Wildman–Crippen MR) is 104 cm³/mol. The lowest BCUT2D eigenvalue weighted by Gasteiger charge is -2.11. The third-order valence-electron chi connectivity index (χ3n) is 5.27. The van der Waals surface area contributed by atoms with Crippen LogP contribution in [0.15, 0.2) is 48.5 Å².